The van der Waals surface area contributed by atoms with Crippen LogP contribution in [0.4, 0.5) is 16.2 Å². The first-order valence-corrected chi connectivity index (χ1v) is 9.50. The van der Waals surface area contributed by atoms with Gasteiger partial charge in [-0.15, -0.1) is 0 Å². The molecule has 1 N–H and O–H groups in total. The van der Waals surface area contributed by atoms with Crippen LogP contribution in [0.1, 0.15) is 34.6 Å². The van der Waals surface area contributed by atoms with Crippen LogP contribution in [0.5, 0.6) is 5.75 Å². The van der Waals surface area contributed by atoms with Gasteiger partial charge >= 0.3 is 6.09 Å². The minimum atomic E-state index is -0.452. The summed E-state index contributed by atoms with van der Waals surface area (Å²) in [6.45, 7) is 13.8. The topological polar surface area (TPSA) is 54.0 Å². The Morgan fingerprint density at radius 3 is 2.54 bits per heavy atom. The maximum Gasteiger partial charge on any atom is 0.410 e. The molecule has 1 aromatic carbocycles. The number of carbonyl (C=O) groups is 1. The lowest BCUT2D eigenvalue weighted by Crippen LogP contribution is -2.50. The molecular weight excluding hydrogens is 330 g/mol. The number of ether oxygens (including phenoxy) is 2. The number of nitrogens with one attached hydrogen (secondary N) is 1. The Labute approximate surface area is 156 Å². The molecule has 1 aromatic rings. The zero-order chi connectivity index (χ0) is 18.9. The highest BCUT2D eigenvalue weighted by molar-refractivity contribution is 5.70. The van der Waals surface area contributed by atoms with Crippen molar-refractivity contribution < 1.29 is 14.3 Å². The van der Waals surface area contributed by atoms with Crippen LogP contribution in [-0.4, -0.2) is 55.4 Å². The Morgan fingerprint density at radius 1 is 1.23 bits per heavy atom. The van der Waals surface area contributed by atoms with E-state index in [-0.39, 0.29) is 12.2 Å². The van der Waals surface area contributed by atoms with E-state index in [2.05, 4.69) is 36.2 Å². The lowest BCUT2D eigenvalue weighted by Gasteiger charge is -2.37. The number of anilines is 2. The predicted octanol–water partition coefficient (Wildman–Crippen LogP) is 3.57. The molecule has 1 saturated heterocycles. The molecule has 1 unspecified atom stereocenters. The van der Waals surface area contributed by atoms with E-state index in [0.29, 0.717) is 19.0 Å². The first kappa shape index (κ1) is 18.7. The number of piperazine rings is 1. The Kier molecular flexibility index (Phi) is 5.21. The van der Waals surface area contributed by atoms with Crippen LogP contribution in [0.15, 0.2) is 18.2 Å². The highest BCUT2D eigenvalue weighted by Crippen LogP contribution is 2.34. The largest absolute Gasteiger partial charge is 0.486 e. The van der Waals surface area contributed by atoms with Crippen LogP contribution >= 0.6 is 0 Å². The third kappa shape index (κ3) is 4.34. The number of carbonyl (C=O) groups excluding carboxylic acids is 1. The second-order valence-corrected chi connectivity index (χ2v) is 8.42. The van der Waals surface area contributed by atoms with Crippen molar-refractivity contribution in [3.8, 4) is 5.75 Å². The van der Waals surface area contributed by atoms with Gasteiger partial charge in [0.05, 0.1) is 12.2 Å². The Bertz CT molecular complexity index is 646. The summed E-state index contributed by atoms with van der Waals surface area (Å²) in [6.07, 6.45) is -0.0110. The van der Waals surface area contributed by atoms with Crippen molar-refractivity contribution in [2.75, 3.05) is 42.9 Å². The number of amides is 1. The molecule has 2 aliphatic heterocycles. The molecule has 26 heavy (non-hydrogen) atoms. The maximum absolute atomic E-state index is 12.2. The van der Waals surface area contributed by atoms with Gasteiger partial charge in [-0.05, 0) is 44.9 Å². The van der Waals surface area contributed by atoms with Crippen molar-refractivity contribution in [1.82, 2.24) is 4.90 Å². The molecule has 0 saturated carbocycles. The Morgan fingerprint density at radius 2 is 1.92 bits per heavy atom. The summed E-state index contributed by atoms with van der Waals surface area (Å²) in [5.74, 6) is 1.40. The lowest BCUT2D eigenvalue weighted by atomic mass is 10.1. The molecule has 6 heteroatoms. The van der Waals surface area contributed by atoms with Gasteiger partial charge in [0.1, 0.15) is 17.5 Å². The summed E-state index contributed by atoms with van der Waals surface area (Å²) in [5, 5.41) is 3.49. The van der Waals surface area contributed by atoms with Gasteiger partial charge in [-0.25, -0.2) is 4.79 Å². The average Bonchev–Trinajstić information content (AvgIpc) is 2.59. The summed E-state index contributed by atoms with van der Waals surface area (Å²) in [4.78, 5) is 16.3. The van der Waals surface area contributed by atoms with E-state index in [0.717, 1.165) is 36.8 Å². The summed E-state index contributed by atoms with van der Waals surface area (Å²) in [5.41, 5.74) is 1.76. The van der Waals surface area contributed by atoms with Gasteiger partial charge in [0.15, 0.2) is 0 Å². The van der Waals surface area contributed by atoms with E-state index >= 15 is 0 Å². The number of hydrogen-bond donors (Lipinski definition) is 1. The fourth-order valence-electron chi connectivity index (χ4n) is 3.22. The molecule has 2 aliphatic rings. The van der Waals surface area contributed by atoms with Crippen molar-refractivity contribution in [3.63, 3.8) is 0 Å². The standard InChI is InChI=1S/C20H31N3O3/c1-14(2)18-13-21-16-12-15(6-7-17(16)25-18)22-8-10-23(11-9-22)19(24)26-20(3,4)5/h6-7,12,14,18,21H,8-11,13H2,1-5H3. The first-order chi connectivity index (χ1) is 12.2. The normalized spacial score (nSPS) is 20.3. The first-order valence-electron chi connectivity index (χ1n) is 9.50. The molecule has 2 heterocycles. The Balaban J connectivity index is 1.60. The quantitative estimate of drug-likeness (QED) is 0.873. The van der Waals surface area contributed by atoms with Crippen LogP contribution in [0.2, 0.25) is 0 Å². The summed E-state index contributed by atoms with van der Waals surface area (Å²) in [7, 11) is 0. The number of nitrogens with zero attached hydrogens (tertiary/aromatic N) is 2. The molecular formula is C20H31N3O3. The zero-order valence-corrected chi connectivity index (χ0v) is 16.5. The van der Waals surface area contributed by atoms with Gasteiger partial charge in [-0.1, -0.05) is 13.8 Å². The van der Waals surface area contributed by atoms with Gasteiger partial charge in [-0.3, -0.25) is 0 Å². The molecule has 0 bridgehead atoms. The van der Waals surface area contributed by atoms with E-state index in [4.69, 9.17) is 9.47 Å². The zero-order valence-electron chi connectivity index (χ0n) is 16.5. The summed E-state index contributed by atoms with van der Waals surface area (Å²) >= 11 is 0. The van der Waals surface area contributed by atoms with E-state index < -0.39 is 5.60 Å². The predicted molar refractivity (Wildman–Crippen MR) is 104 cm³/mol. The minimum absolute atomic E-state index is 0.214. The fourth-order valence-corrected chi connectivity index (χ4v) is 3.22. The van der Waals surface area contributed by atoms with E-state index in [1.807, 2.05) is 26.8 Å². The van der Waals surface area contributed by atoms with Crippen LogP contribution in [0.3, 0.4) is 0 Å². The third-order valence-electron chi connectivity index (χ3n) is 4.78. The van der Waals surface area contributed by atoms with Gasteiger partial charge in [0, 0.05) is 31.9 Å². The molecule has 0 aliphatic carbocycles. The average molecular weight is 361 g/mol. The summed E-state index contributed by atoms with van der Waals surface area (Å²) < 4.78 is 11.5. The second-order valence-electron chi connectivity index (χ2n) is 8.42. The molecule has 1 atom stereocenters. The minimum Gasteiger partial charge on any atom is -0.486 e. The number of fused-ring (bicyclic) bond motifs is 1. The molecule has 1 fully saturated rings. The van der Waals surface area contributed by atoms with Crippen molar-refractivity contribution in [2.45, 2.75) is 46.3 Å². The van der Waals surface area contributed by atoms with E-state index in [1.54, 1.807) is 4.90 Å². The van der Waals surface area contributed by atoms with Crippen LogP contribution in [-0.2, 0) is 4.74 Å². The van der Waals surface area contributed by atoms with Gasteiger partial charge in [0.2, 0.25) is 0 Å². The van der Waals surface area contributed by atoms with Crippen molar-refractivity contribution in [3.05, 3.63) is 18.2 Å². The monoisotopic (exact) mass is 361 g/mol. The van der Waals surface area contributed by atoms with Crippen LogP contribution in [0, 0.1) is 5.92 Å². The maximum atomic E-state index is 12.2. The second kappa shape index (κ2) is 7.25. The molecule has 1 amide bonds. The van der Waals surface area contributed by atoms with E-state index in [1.165, 1.54) is 0 Å². The van der Waals surface area contributed by atoms with E-state index in [9.17, 15) is 4.79 Å². The van der Waals surface area contributed by atoms with Crippen molar-refractivity contribution in [2.24, 2.45) is 5.92 Å². The molecule has 0 spiro atoms. The van der Waals surface area contributed by atoms with Gasteiger partial charge < -0.3 is 24.6 Å². The SMILES string of the molecule is CC(C)C1CNc2cc(N3CCN(C(=O)OC(C)(C)C)CC3)ccc2O1. The third-order valence-corrected chi connectivity index (χ3v) is 4.78. The van der Waals surface area contributed by atoms with Crippen LogP contribution < -0.4 is 15.0 Å². The van der Waals surface area contributed by atoms with Gasteiger partial charge in [0.25, 0.3) is 0 Å². The molecule has 0 aromatic heterocycles. The number of hydrogen-bond acceptors (Lipinski definition) is 5. The molecule has 6 nitrogen and oxygen atoms in total. The smallest absolute Gasteiger partial charge is 0.410 e. The highest BCUT2D eigenvalue weighted by Gasteiger charge is 2.27. The van der Waals surface area contributed by atoms with Crippen molar-refractivity contribution in [1.29, 1.82) is 0 Å². The number of benzene rings is 1. The molecule has 0 radical (unpaired) electrons. The molecule has 144 valence electrons. The van der Waals surface area contributed by atoms with Crippen molar-refractivity contribution >= 4 is 17.5 Å². The van der Waals surface area contributed by atoms with Crippen LogP contribution in [0.25, 0.3) is 0 Å². The highest BCUT2D eigenvalue weighted by atomic mass is 16.6. The molecule has 3 rings (SSSR count). The van der Waals surface area contributed by atoms with Gasteiger partial charge in [-0.2, -0.15) is 0 Å². The number of rotatable bonds is 2. The summed E-state index contributed by atoms with van der Waals surface area (Å²) in [6, 6.07) is 6.30. The fraction of sp³-hybridized carbons (Fsp3) is 0.650. The Hall–Kier alpha value is -2.11. The lowest BCUT2D eigenvalue weighted by molar-refractivity contribution is 0.0240.